The van der Waals surface area contributed by atoms with E-state index in [1.165, 1.54) is 0 Å². The molecule has 1 aromatic heterocycles. The SMILES string of the molecule is O=C(NCCCSc1nccs1)c1ccc(Cl)c(Cl)c1. The highest BCUT2D eigenvalue weighted by molar-refractivity contribution is 8.00. The van der Waals surface area contributed by atoms with Crippen LogP contribution in [0, 0.1) is 0 Å². The van der Waals surface area contributed by atoms with E-state index in [2.05, 4.69) is 10.3 Å². The van der Waals surface area contributed by atoms with Gasteiger partial charge >= 0.3 is 0 Å². The van der Waals surface area contributed by atoms with Crippen LogP contribution in [0.25, 0.3) is 0 Å². The summed E-state index contributed by atoms with van der Waals surface area (Å²) in [4.78, 5) is 16.1. The lowest BCUT2D eigenvalue weighted by atomic mass is 10.2. The quantitative estimate of drug-likeness (QED) is 0.624. The van der Waals surface area contributed by atoms with E-state index in [-0.39, 0.29) is 5.91 Å². The number of halogens is 2. The standard InChI is InChI=1S/C13H12Cl2N2OS2/c14-10-3-2-9(8-11(10)15)12(18)16-4-1-6-19-13-17-5-7-20-13/h2-3,5,7-8H,1,4,6H2,(H,16,18). The monoisotopic (exact) mass is 346 g/mol. The first kappa shape index (κ1) is 15.6. The highest BCUT2D eigenvalue weighted by Crippen LogP contribution is 2.22. The molecule has 0 spiro atoms. The molecule has 0 atom stereocenters. The number of aromatic nitrogens is 1. The van der Waals surface area contributed by atoms with E-state index in [0.717, 1.165) is 16.5 Å². The third-order valence-electron chi connectivity index (χ3n) is 2.42. The van der Waals surface area contributed by atoms with Crippen LogP contribution in [0.4, 0.5) is 0 Å². The Labute approximate surface area is 135 Å². The predicted molar refractivity (Wildman–Crippen MR) is 86.3 cm³/mol. The van der Waals surface area contributed by atoms with Gasteiger partial charge in [-0.1, -0.05) is 35.0 Å². The molecule has 2 aromatic rings. The Hall–Kier alpha value is -0.750. The molecule has 3 nitrogen and oxygen atoms in total. The first-order chi connectivity index (χ1) is 9.66. The Morgan fingerprint density at radius 3 is 2.90 bits per heavy atom. The van der Waals surface area contributed by atoms with Gasteiger partial charge in [-0.05, 0) is 24.6 Å². The molecule has 0 aliphatic carbocycles. The van der Waals surface area contributed by atoms with E-state index in [1.54, 1.807) is 47.5 Å². The average Bonchev–Trinajstić information content (AvgIpc) is 2.94. The van der Waals surface area contributed by atoms with Gasteiger partial charge < -0.3 is 5.32 Å². The van der Waals surface area contributed by atoms with Crippen LogP contribution < -0.4 is 5.32 Å². The number of nitrogens with one attached hydrogen (secondary N) is 1. The van der Waals surface area contributed by atoms with E-state index in [4.69, 9.17) is 23.2 Å². The fraction of sp³-hybridized carbons (Fsp3) is 0.231. The van der Waals surface area contributed by atoms with Crippen molar-refractivity contribution in [2.24, 2.45) is 0 Å². The van der Waals surface area contributed by atoms with Gasteiger partial charge in [0.25, 0.3) is 5.91 Å². The van der Waals surface area contributed by atoms with Crippen LogP contribution in [0.5, 0.6) is 0 Å². The summed E-state index contributed by atoms with van der Waals surface area (Å²) < 4.78 is 1.06. The molecule has 0 saturated heterocycles. The molecule has 0 fully saturated rings. The van der Waals surface area contributed by atoms with E-state index in [1.807, 2.05) is 5.38 Å². The number of thioether (sulfide) groups is 1. The summed E-state index contributed by atoms with van der Waals surface area (Å²) in [5.74, 6) is 0.789. The molecule has 1 amide bonds. The Kier molecular flexibility index (Phi) is 6.16. The molecule has 0 bridgehead atoms. The topological polar surface area (TPSA) is 42.0 Å². The Morgan fingerprint density at radius 1 is 1.35 bits per heavy atom. The molecule has 0 aliphatic rings. The molecule has 0 saturated carbocycles. The smallest absolute Gasteiger partial charge is 0.251 e. The number of carbonyl (C=O) groups excluding carboxylic acids is 1. The second-order valence-corrected chi connectivity index (χ2v) is 6.94. The largest absolute Gasteiger partial charge is 0.352 e. The minimum absolute atomic E-state index is 0.136. The van der Waals surface area contributed by atoms with Gasteiger partial charge in [-0.2, -0.15) is 0 Å². The number of carbonyl (C=O) groups is 1. The molecule has 1 heterocycles. The van der Waals surface area contributed by atoms with Crippen molar-refractivity contribution in [3.63, 3.8) is 0 Å². The molecule has 7 heteroatoms. The number of benzene rings is 1. The normalized spacial score (nSPS) is 10.5. The summed E-state index contributed by atoms with van der Waals surface area (Å²) in [5.41, 5.74) is 0.520. The number of hydrogen-bond acceptors (Lipinski definition) is 4. The van der Waals surface area contributed by atoms with Crippen LogP contribution in [0.2, 0.25) is 10.0 Å². The maximum Gasteiger partial charge on any atom is 0.251 e. The van der Waals surface area contributed by atoms with Crippen molar-refractivity contribution in [1.29, 1.82) is 0 Å². The summed E-state index contributed by atoms with van der Waals surface area (Å²) in [6, 6.07) is 4.86. The lowest BCUT2D eigenvalue weighted by Gasteiger charge is -2.05. The van der Waals surface area contributed by atoms with Gasteiger partial charge in [-0.15, -0.1) is 11.3 Å². The summed E-state index contributed by atoms with van der Waals surface area (Å²) in [7, 11) is 0. The third-order valence-corrected chi connectivity index (χ3v) is 5.21. The molecule has 0 unspecified atom stereocenters. The zero-order chi connectivity index (χ0) is 14.4. The first-order valence-corrected chi connectivity index (χ1v) is 8.54. The summed E-state index contributed by atoms with van der Waals surface area (Å²) >= 11 is 15.0. The van der Waals surface area contributed by atoms with Crippen molar-refractivity contribution in [3.05, 3.63) is 45.4 Å². The number of thiazole rings is 1. The van der Waals surface area contributed by atoms with Crippen LogP contribution >= 0.6 is 46.3 Å². The minimum Gasteiger partial charge on any atom is -0.352 e. The first-order valence-electron chi connectivity index (χ1n) is 5.92. The zero-order valence-corrected chi connectivity index (χ0v) is 13.6. The molecule has 2 rings (SSSR count). The van der Waals surface area contributed by atoms with Crippen molar-refractivity contribution in [1.82, 2.24) is 10.3 Å². The molecule has 20 heavy (non-hydrogen) atoms. The van der Waals surface area contributed by atoms with Crippen LogP contribution in [-0.2, 0) is 0 Å². The molecule has 1 aromatic carbocycles. The van der Waals surface area contributed by atoms with Crippen molar-refractivity contribution in [3.8, 4) is 0 Å². The Morgan fingerprint density at radius 2 is 2.20 bits per heavy atom. The van der Waals surface area contributed by atoms with Gasteiger partial charge in [-0.3, -0.25) is 4.79 Å². The van der Waals surface area contributed by atoms with Gasteiger partial charge in [0.2, 0.25) is 0 Å². The van der Waals surface area contributed by atoms with Gasteiger partial charge in [0.05, 0.1) is 10.0 Å². The van der Waals surface area contributed by atoms with Crippen molar-refractivity contribution in [2.45, 2.75) is 10.8 Å². The maximum absolute atomic E-state index is 11.9. The highest BCUT2D eigenvalue weighted by Gasteiger charge is 2.07. The fourth-order valence-corrected chi connectivity index (χ4v) is 3.40. The van der Waals surface area contributed by atoms with Gasteiger partial charge in [0.1, 0.15) is 4.34 Å². The van der Waals surface area contributed by atoms with Crippen molar-refractivity contribution >= 4 is 52.2 Å². The Bertz CT molecular complexity index is 576. The highest BCUT2D eigenvalue weighted by atomic mass is 35.5. The molecule has 0 radical (unpaired) electrons. The van der Waals surface area contributed by atoms with Gasteiger partial charge in [-0.25, -0.2) is 4.98 Å². The molecule has 1 N–H and O–H groups in total. The fourth-order valence-electron chi connectivity index (χ4n) is 1.45. The number of nitrogens with zero attached hydrogens (tertiary/aromatic N) is 1. The van der Waals surface area contributed by atoms with Crippen molar-refractivity contribution < 1.29 is 4.79 Å². The number of amides is 1. The third kappa shape index (κ3) is 4.66. The number of rotatable bonds is 6. The van der Waals surface area contributed by atoms with Crippen LogP contribution in [0.1, 0.15) is 16.8 Å². The van der Waals surface area contributed by atoms with Crippen LogP contribution in [0.3, 0.4) is 0 Å². The summed E-state index contributed by atoms with van der Waals surface area (Å²) in [5, 5.41) is 5.64. The number of hydrogen-bond donors (Lipinski definition) is 1. The van der Waals surface area contributed by atoms with E-state index in [9.17, 15) is 4.79 Å². The van der Waals surface area contributed by atoms with E-state index in [0.29, 0.717) is 22.2 Å². The summed E-state index contributed by atoms with van der Waals surface area (Å²) in [6.45, 7) is 0.622. The van der Waals surface area contributed by atoms with Crippen LogP contribution in [-0.4, -0.2) is 23.2 Å². The minimum atomic E-state index is -0.136. The van der Waals surface area contributed by atoms with E-state index >= 15 is 0 Å². The zero-order valence-electron chi connectivity index (χ0n) is 10.4. The molecule has 0 aliphatic heterocycles. The van der Waals surface area contributed by atoms with Gasteiger partial charge in [0.15, 0.2) is 0 Å². The Balaban J connectivity index is 1.70. The maximum atomic E-state index is 11.9. The second-order valence-electron chi connectivity index (χ2n) is 3.88. The van der Waals surface area contributed by atoms with Crippen LogP contribution in [0.15, 0.2) is 34.1 Å². The lowest BCUT2D eigenvalue weighted by molar-refractivity contribution is 0.0954. The predicted octanol–water partition coefficient (Wildman–Crippen LogP) is 4.36. The summed E-state index contributed by atoms with van der Waals surface area (Å²) in [6.07, 6.45) is 2.68. The lowest BCUT2D eigenvalue weighted by Crippen LogP contribution is -2.24. The second kappa shape index (κ2) is 7.88. The molecular weight excluding hydrogens is 335 g/mol. The molecule has 106 valence electrons. The van der Waals surface area contributed by atoms with Crippen molar-refractivity contribution in [2.75, 3.05) is 12.3 Å². The molecular formula is C13H12Cl2N2OS2. The van der Waals surface area contributed by atoms with Gasteiger partial charge in [0, 0.05) is 29.4 Å². The van der Waals surface area contributed by atoms with E-state index < -0.39 is 0 Å². The average molecular weight is 347 g/mol.